The SMILES string of the molecule is COc1cccc(-c2cc(=O)n3c(C)cccc3n2)c1. The van der Waals surface area contributed by atoms with Gasteiger partial charge in [0, 0.05) is 17.3 Å². The van der Waals surface area contributed by atoms with Crippen molar-refractivity contribution in [2.24, 2.45) is 0 Å². The maximum atomic E-state index is 12.2. The van der Waals surface area contributed by atoms with Crippen molar-refractivity contribution >= 4 is 5.65 Å². The molecular formula is C16H14N2O2. The quantitative estimate of drug-likeness (QED) is 0.716. The zero-order valence-corrected chi connectivity index (χ0v) is 11.3. The van der Waals surface area contributed by atoms with E-state index < -0.39 is 0 Å². The summed E-state index contributed by atoms with van der Waals surface area (Å²) < 4.78 is 6.80. The highest BCUT2D eigenvalue weighted by atomic mass is 16.5. The average Bonchev–Trinajstić information content (AvgIpc) is 2.47. The molecule has 0 bridgehead atoms. The van der Waals surface area contributed by atoms with E-state index in [-0.39, 0.29) is 5.56 Å². The van der Waals surface area contributed by atoms with E-state index in [4.69, 9.17) is 4.74 Å². The molecule has 0 unspecified atom stereocenters. The van der Waals surface area contributed by atoms with E-state index in [0.717, 1.165) is 17.0 Å². The third kappa shape index (κ3) is 2.05. The first-order chi connectivity index (χ1) is 9.69. The Balaban J connectivity index is 2.25. The first kappa shape index (κ1) is 12.4. The Morgan fingerprint density at radius 3 is 2.70 bits per heavy atom. The van der Waals surface area contributed by atoms with Crippen LogP contribution in [0.4, 0.5) is 0 Å². The molecule has 0 aliphatic rings. The van der Waals surface area contributed by atoms with E-state index >= 15 is 0 Å². The molecule has 4 heteroatoms. The van der Waals surface area contributed by atoms with Crippen LogP contribution in [0, 0.1) is 6.92 Å². The molecule has 2 aromatic heterocycles. The fourth-order valence-corrected chi connectivity index (χ4v) is 2.24. The number of benzene rings is 1. The number of aromatic nitrogens is 2. The van der Waals surface area contributed by atoms with Gasteiger partial charge in [-0.1, -0.05) is 18.2 Å². The number of pyridine rings is 1. The molecule has 100 valence electrons. The summed E-state index contributed by atoms with van der Waals surface area (Å²) in [4.78, 5) is 16.8. The van der Waals surface area contributed by atoms with Crippen LogP contribution in [-0.2, 0) is 0 Å². The van der Waals surface area contributed by atoms with Crippen molar-refractivity contribution in [2.45, 2.75) is 6.92 Å². The van der Waals surface area contributed by atoms with Gasteiger partial charge in [-0.3, -0.25) is 9.20 Å². The molecule has 1 aromatic carbocycles. The van der Waals surface area contributed by atoms with Crippen molar-refractivity contribution in [3.8, 4) is 17.0 Å². The third-order valence-corrected chi connectivity index (χ3v) is 3.25. The molecule has 0 spiro atoms. The first-order valence-electron chi connectivity index (χ1n) is 6.33. The maximum Gasteiger partial charge on any atom is 0.258 e. The van der Waals surface area contributed by atoms with Crippen molar-refractivity contribution in [1.82, 2.24) is 9.38 Å². The van der Waals surface area contributed by atoms with Crippen LogP contribution in [-0.4, -0.2) is 16.5 Å². The van der Waals surface area contributed by atoms with Gasteiger partial charge >= 0.3 is 0 Å². The number of methoxy groups -OCH3 is 1. The number of rotatable bonds is 2. The molecule has 3 rings (SSSR count). The minimum absolute atomic E-state index is 0.0779. The Morgan fingerprint density at radius 2 is 1.90 bits per heavy atom. The number of fused-ring (bicyclic) bond motifs is 1. The van der Waals surface area contributed by atoms with Crippen LogP contribution >= 0.6 is 0 Å². The molecule has 0 aliphatic heterocycles. The summed E-state index contributed by atoms with van der Waals surface area (Å²) in [7, 11) is 1.62. The van der Waals surface area contributed by atoms with Gasteiger partial charge in [-0.05, 0) is 31.2 Å². The van der Waals surface area contributed by atoms with E-state index in [1.165, 1.54) is 0 Å². The van der Waals surface area contributed by atoms with Crippen LogP contribution < -0.4 is 10.3 Å². The van der Waals surface area contributed by atoms with Crippen LogP contribution in [0.1, 0.15) is 5.69 Å². The van der Waals surface area contributed by atoms with Crippen LogP contribution in [0.2, 0.25) is 0 Å². The van der Waals surface area contributed by atoms with Gasteiger partial charge in [0.05, 0.1) is 12.8 Å². The molecule has 3 aromatic rings. The molecule has 0 aliphatic carbocycles. The van der Waals surface area contributed by atoms with Gasteiger partial charge in [0.1, 0.15) is 11.4 Å². The standard InChI is InChI=1S/C16H14N2O2/c1-11-5-3-8-15-17-14(10-16(19)18(11)15)12-6-4-7-13(9-12)20-2/h3-10H,1-2H3. The van der Waals surface area contributed by atoms with E-state index in [1.807, 2.05) is 49.4 Å². The molecule has 20 heavy (non-hydrogen) atoms. The van der Waals surface area contributed by atoms with Crippen molar-refractivity contribution in [3.63, 3.8) is 0 Å². The Morgan fingerprint density at radius 1 is 1.10 bits per heavy atom. The van der Waals surface area contributed by atoms with Crippen LogP contribution in [0.3, 0.4) is 0 Å². The summed E-state index contributed by atoms with van der Waals surface area (Å²) >= 11 is 0. The molecule has 0 atom stereocenters. The molecule has 0 fully saturated rings. The second kappa shape index (κ2) is 4.81. The zero-order chi connectivity index (χ0) is 14.1. The maximum absolute atomic E-state index is 12.2. The molecule has 0 radical (unpaired) electrons. The van der Waals surface area contributed by atoms with Gasteiger partial charge in [0.25, 0.3) is 5.56 Å². The second-order valence-corrected chi connectivity index (χ2v) is 4.57. The summed E-state index contributed by atoms with van der Waals surface area (Å²) in [6.07, 6.45) is 0. The second-order valence-electron chi connectivity index (χ2n) is 4.57. The lowest BCUT2D eigenvalue weighted by molar-refractivity contribution is 0.415. The summed E-state index contributed by atoms with van der Waals surface area (Å²) in [6, 6.07) is 14.7. The zero-order valence-electron chi connectivity index (χ0n) is 11.3. The number of nitrogens with zero attached hydrogens (tertiary/aromatic N) is 2. The first-order valence-corrected chi connectivity index (χ1v) is 6.33. The van der Waals surface area contributed by atoms with E-state index in [2.05, 4.69) is 4.98 Å². The summed E-state index contributed by atoms with van der Waals surface area (Å²) in [5.41, 5.74) is 2.96. The van der Waals surface area contributed by atoms with E-state index in [1.54, 1.807) is 17.6 Å². The van der Waals surface area contributed by atoms with Gasteiger partial charge < -0.3 is 4.74 Å². The largest absolute Gasteiger partial charge is 0.497 e. The number of aryl methyl sites for hydroxylation is 1. The average molecular weight is 266 g/mol. The van der Waals surface area contributed by atoms with E-state index in [9.17, 15) is 4.79 Å². The lowest BCUT2D eigenvalue weighted by atomic mass is 10.1. The minimum Gasteiger partial charge on any atom is -0.497 e. The summed E-state index contributed by atoms with van der Waals surface area (Å²) in [5.74, 6) is 0.744. The number of hydrogen-bond donors (Lipinski definition) is 0. The van der Waals surface area contributed by atoms with Gasteiger partial charge in [0.2, 0.25) is 0 Å². The predicted molar refractivity (Wildman–Crippen MR) is 78.2 cm³/mol. The topological polar surface area (TPSA) is 43.6 Å². The fourth-order valence-electron chi connectivity index (χ4n) is 2.24. The number of hydrogen-bond acceptors (Lipinski definition) is 3. The lowest BCUT2D eigenvalue weighted by Gasteiger charge is -2.07. The number of ether oxygens (including phenoxy) is 1. The Labute approximate surface area is 116 Å². The molecule has 0 saturated carbocycles. The predicted octanol–water partition coefficient (Wildman–Crippen LogP) is 2.68. The smallest absolute Gasteiger partial charge is 0.258 e. The lowest BCUT2D eigenvalue weighted by Crippen LogP contribution is -2.16. The van der Waals surface area contributed by atoms with Gasteiger partial charge in [-0.2, -0.15) is 0 Å². The molecule has 0 saturated heterocycles. The highest BCUT2D eigenvalue weighted by molar-refractivity contribution is 5.63. The fraction of sp³-hybridized carbons (Fsp3) is 0.125. The van der Waals surface area contributed by atoms with Crippen molar-refractivity contribution in [1.29, 1.82) is 0 Å². The Bertz CT molecular complexity index is 837. The molecule has 0 amide bonds. The highest BCUT2D eigenvalue weighted by Crippen LogP contribution is 2.21. The van der Waals surface area contributed by atoms with Crippen molar-refractivity contribution in [3.05, 3.63) is 64.6 Å². The van der Waals surface area contributed by atoms with Crippen molar-refractivity contribution in [2.75, 3.05) is 7.11 Å². The van der Waals surface area contributed by atoms with Crippen LogP contribution in [0.15, 0.2) is 53.3 Å². The molecule has 2 heterocycles. The Hall–Kier alpha value is -2.62. The molecule has 0 N–H and O–H groups in total. The van der Waals surface area contributed by atoms with Gasteiger partial charge in [-0.25, -0.2) is 4.98 Å². The van der Waals surface area contributed by atoms with Gasteiger partial charge in [-0.15, -0.1) is 0 Å². The van der Waals surface area contributed by atoms with Crippen LogP contribution in [0.25, 0.3) is 16.9 Å². The summed E-state index contributed by atoms with van der Waals surface area (Å²) in [5, 5.41) is 0. The van der Waals surface area contributed by atoms with Crippen molar-refractivity contribution < 1.29 is 4.74 Å². The Kier molecular flexibility index (Phi) is 2.99. The minimum atomic E-state index is -0.0779. The molecule has 4 nitrogen and oxygen atoms in total. The van der Waals surface area contributed by atoms with E-state index in [0.29, 0.717) is 11.3 Å². The highest BCUT2D eigenvalue weighted by Gasteiger charge is 2.06. The monoisotopic (exact) mass is 266 g/mol. The van der Waals surface area contributed by atoms with Gasteiger partial charge in [0.15, 0.2) is 0 Å². The molecular weight excluding hydrogens is 252 g/mol. The normalized spacial score (nSPS) is 10.7. The third-order valence-electron chi connectivity index (χ3n) is 3.25. The summed E-state index contributed by atoms with van der Waals surface area (Å²) in [6.45, 7) is 1.89. The van der Waals surface area contributed by atoms with Crippen LogP contribution in [0.5, 0.6) is 5.75 Å².